The van der Waals surface area contributed by atoms with Gasteiger partial charge in [-0.3, -0.25) is 4.79 Å². The number of benzene rings is 1. The van der Waals surface area contributed by atoms with Crippen molar-refractivity contribution in [2.75, 3.05) is 12.4 Å². The van der Waals surface area contributed by atoms with Crippen LogP contribution in [0.1, 0.15) is 11.3 Å². The summed E-state index contributed by atoms with van der Waals surface area (Å²) in [5, 5.41) is 2.80. The average Bonchev–Trinajstić information content (AvgIpc) is 3.15. The van der Waals surface area contributed by atoms with Gasteiger partial charge in [0.2, 0.25) is 0 Å². The van der Waals surface area contributed by atoms with Gasteiger partial charge >= 0.3 is 0 Å². The van der Waals surface area contributed by atoms with E-state index in [1.807, 2.05) is 18.2 Å². The van der Waals surface area contributed by atoms with Crippen LogP contribution in [-0.2, 0) is 4.79 Å². The lowest BCUT2D eigenvalue weighted by Gasteiger charge is -2.09. The Morgan fingerprint density at radius 2 is 2.00 bits per heavy atom. The van der Waals surface area contributed by atoms with Gasteiger partial charge in [-0.2, -0.15) is 0 Å². The molecule has 0 radical (unpaired) electrons. The number of ether oxygens (including phenoxy) is 1. The molecule has 1 amide bonds. The van der Waals surface area contributed by atoms with Crippen molar-refractivity contribution in [3.63, 3.8) is 0 Å². The molecule has 25 heavy (non-hydrogen) atoms. The Balaban J connectivity index is 1.92. The summed E-state index contributed by atoms with van der Waals surface area (Å²) in [6, 6.07) is 14.3. The van der Waals surface area contributed by atoms with E-state index in [4.69, 9.17) is 9.15 Å². The van der Waals surface area contributed by atoms with E-state index >= 15 is 0 Å². The molecule has 3 aromatic rings. The van der Waals surface area contributed by atoms with E-state index in [1.54, 1.807) is 56.0 Å². The highest BCUT2D eigenvalue weighted by Crippen LogP contribution is 2.23. The quantitative estimate of drug-likeness (QED) is 0.636. The van der Waals surface area contributed by atoms with E-state index in [-0.39, 0.29) is 5.91 Å². The van der Waals surface area contributed by atoms with Gasteiger partial charge in [-0.25, -0.2) is 4.98 Å². The zero-order valence-corrected chi connectivity index (χ0v) is 15.0. The van der Waals surface area contributed by atoms with Crippen molar-refractivity contribution in [1.29, 1.82) is 0 Å². The van der Waals surface area contributed by atoms with Crippen LogP contribution < -0.4 is 10.1 Å². The molecule has 6 heteroatoms. The Morgan fingerprint density at radius 3 is 2.60 bits per heavy atom. The number of anilines is 1. The molecule has 0 aliphatic rings. The van der Waals surface area contributed by atoms with Gasteiger partial charge in [0, 0.05) is 10.7 Å². The lowest BCUT2D eigenvalue weighted by Crippen LogP contribution is -2.14. The zero-order valence-electron chi connectivity index (χ0n) is 13.4. The number of hydrogen-bond acceptors (Lipinski definition) is 4. The molecule has 0 unspecified atom stereocenters. The number of halogens is 1. The van der Waals surface area contributed by atoms with Crippen molar-refractivity contribution in [3.8, 4) is 5.75 Å². The number of carbonyl (C=O) groups is 1. The Kier molecular flexibility index (Phi) is 5.30. The number of nitrogens with one attached hydrogen (secondary N) is 1. The maximum atomic E-state index is 12.8. The molecule has 3 rings (SSSR count). The number of rotatable bonds is 5. The van der Waals surface area contributed by atoms with Gasteiger partial charge in [0.15, 0.2) is 0 Å². The SMILES string of the molecule is COc1ccc(/C(=C/c2ccco2)C(=O)Nc2ccc(Br)cn2)cc1. The van der Waals surface area contributed by atoms with Gasteiger partial charge in [0.25, 0.3) is 5.91 Å². The standard InChI is InChI=1S/C19H15BrN2O3/c1-24-15-7-4-13(5-8-15)17(11-16-3-2-10-25-16)19(23)22-18-9-6-14(20)12-21-18/h2-12H,1H3,(H,21,22,23)/b17-11-. The molecular weight excluding hydrogens is 384 g/mol. The fourth-order valence-corrected chi connectivity index (χ4v) is 2.43. The van der Waals surface area contributed by atoms with Crippen molar-refractivity contribution in [3.05, 3.63) is 76.8 Å². The lowest BCUT2D eigenvalue weighted by atomic mass is 10.0. The summed E-state index contributed by atoms with van der Waals surface area (Å²) in [7, 11) is 1.60. The number of amides is 1. The third-order valence-corrected chi connectivity index (χ3v) is 3.91. The highest BCUT2D eigenvalue weighted by atomic mass is 79.9. The number of nitrogens with zero attached hydrogens (tertiary/aromatic N) is 1. The zero-order chi connectivity index (χ0) is 17.6. The first kappa shape index (κ1) is 17.0. The molecule has 0 fully saturated rings. The fourth-order valence-electron chi connectivity index (χ4n) is 2.20. The molecule has 1 N–H and O–H groups in total. The minimum Gasteiger partial charge on any atom is -0.497 e. The topological polar surface area (TPSA) is 64.4 Å². The highest BCUT2D eigenvalue weighted by Gasteiger charge is 2.14. The summed E-state index contributed by atoms with van der Waals surface area (Å²) >= 11 is 3.32. The molecule has 0 atom stereocenters. The monoisotopic (exact) mass is 398 g/mol. The summed E-state index contributed by atoms with van der Waals surface area (Å²) in [6.45, 7) is 0. The minimum absolute atomic E-state index is 0.281. The molecule has 5 nitrogen and oxygen atoms in total. The van der Waals surface area contributed by atoms with Crippen LogP contribution >= 0.6 is 15.9 Å². The van der Waals surface area contributed by atoms with Gasteiger partial charge in [0.05, 0.1) is 18.9 Å². The second kappa shape index (κ2) is 7.81. The first-order valence-electron chi connectivity index (χ1n) is 7.48. The smallest absolute Gasteiger partial charge is 0.257 e. The van der Waals surface area contributed by atoms with Crippen molar-refractivity contribution < 1.29 is 13.9 Å². The van der Waals surface area contributed by atoms with Crippen molar-refractivity contribution in [1.82, 2.24) is 4.98 Å². The molecule has 1 aromatic carbocycles. The van der Waals surface area contributed by atoms with Gasteiger partial charge < -0.3 is 14.5 Å². The van der Waals surface area contributed by atoms with Crippen LogP contribution in [0.3, 0.4) is 0 Å². The Bertz CT molecular complexity index is 870. The average molecular weight is 399 g/mol. The first-order chi connectivity index (χ1) is 12.2. The molecule has 0 aliphatic heterocycles. The summed E-state index contributed by atoms with van der Waals surface area (Å²) < 4.78 is 11.4. The van der Waals surface area contributed by atoms with Gasteiger partial charge in [0.1, 0.15) is 17.3 Å². The van der Waals surface area contributed by atoms with E-state index in [2.05, 4.69) is 26.2 Å². The van der Waals surface area contributed by atoms with E-state index in [0.717, 1.165) is 15.8 Å². The van der Waals surface area contributed by atoms with E-state index in [9.17, 15) is 4.79 Å². The maximum absolute atomic E-state index is 12.8. The van der Waals surface area contributed by atoms with Crippen LogP contribution in [0.4, 0.5) is 5.82 Å². The molecule has 2 aromatic heterocycles. The molecule has 2 heterocycles. The summed E-state index contributed by atoms with van der Waals surface area (Å²) in [5.41, 5.74) is 1.20. The number of carbonyl (C=O) groups excluding carboxylic acids is 1. The highest BCUT2D eigenvalue weighted by molar-refractivity contribution is 9.10. The Labute approximate surface area is 153 Å². The third-order valence-electron chi connectivity index (χ3n) is 3.44. The molecule has 0 aliphatic carbocycles. The van der Waals surface area contributed by atoms with E-state index < -0.39 is 0 Å². The predicted octanol–water partition coefficient (Wildman–Crippen LogP) is 4.63. The number of furan rings is 1. The second-order valence-electron chi connectivity index (χ2n) is 5.12. The maximum Gasteiger partial charge on any atom is 0.257 e. The Hall–Kier alpha value is -2.86. The van der Waals surface area contributed by atoms with Crippen LogP contribution in [0.2, 0.25) is 0 Å². The summed E-state index contributed by atoms with van der Waals surface area (Å²) in [6.07, 6.45) is 4.88. The van der Waals surface area contributed by atoms with Crippen LogP contribution in [0.5, 0.6) is 5.75 Å². The molecule has 0 spiro atoms. The largest absolute Gasteiger partial charge is 0.497 e. The second-order valence-corrected chi connectivity index (χ2v) is 6.03. The molecule has 126 valence electrons. The van der Waals surface area contributed by atoms with Gasteiger partial charge in [-0.05, 0) is 64.0 Å². The lowest BCUT2D eigenvalue weighted by molar-refractivity contribution is -0.111. The van der Waals surface area contributed by atoms with E-state index in [0.29, 0.717) is 17.2 Å². The normalized spacial score (nSPS) is 11.2. The Morgan fingerprint density at radius 1 is 1.20 bits per heavy atom. The molecule has 0 saturated heterocycles. The van der Waals surface area contributed by atoms with Crippen molar-refractivity contribution >= 4 is 39.3 Å². The van der Waals surface area contributed by atoms with Gasteiger partial charge in [-0.15, -0.1) is 0 Å². The van der Waals surface area contributed by atoms with Gasteiger partial charge in [-0.1, -0.05) is 12.1 Å². The fraction of sp³-hybridized carbons (Fsp3) is 0.0526. The first-order valence-corrected chi connectivity index (χ1v) is 8.27. The van der Waals surface area contributed by atoms with Crippen LogP contribution in [0.25, 0.3) is 11.6 Å². The number of methoxy groups -OCH3 is 1. The van der Waals surface area contributed by atoms with Crippen LogP contribution in [0, 0.1) is 0 Å². The van der Waals surface area contributed by atoms with Crippen LogP contribution in [0.15, 0.2) is 69.9 Å². The summed E-state index contributed by atoms with van der Waals surface area (Å²) in [5.74, 6) is 1.49. The molecule has 0 saturated carbocycles. The number of aromatic nitrogens is 1. The number of pyridine rings is 1. The molecular formula is C19H15BrN2O3. The van der Waals surface area contributed by atoms with E-state index in [1.165, 1.54) is 0 Å². The number of hydrogen-bond donors (Lipinski definition) is 1. The predicted molar refractivity (Wildman–Crippen MR) is 100 cm³/mol. The summed E-state index contributed by atoms with van der Waals surface area (Å²) in [4.78, 5) is 16.9. The minimum atomic E-state index is -0.281. The third kappa shape index (κ3) is 4.36. The van der Waals surface area contributed by atoms with Crippen molar-refractivity contribution in [2.24, 2.45) is 0 Å². The molecule has 0 bridgehead atoms. The van der Waals surface area contributed by atoms with Crippen molar-refractivity contribution in [2.45, 2.75) is 0 Å². The van der Waals surface area contributed by atoms with Crippen LogP contribution in [-0.4, -0.2) is 18.0 Å².